The molecule has 1 saturated heterocycles. The van der Waals surface area contributed by atoms with Crippen molar-refractivity contribution in [3.63, 3.8) is 0 Å². The Hall–Kier alpha value is -1.86. The molecular formula is C21H27N3O2S2. The fourth-order valence-corrected chi connectivity index (χ4v) is 4.74. The van der Waals surface area contributed by atoms with Gasteiger partial charge in [-0.05, 0) is 57.2 Å². The molecule has 2 heterocycles. The van der Waals surface area contributed by atoms with E-state index in [0.717, 1.165) is 30.6 Å². The van der Waals surface area contributed by atoms with E-state index < -0.39 is 0 Å². The molecule has 0 radical (unpaired) electrons. The molecule has 0 saturated carbocycles. The summed E-state index contributed by atoms with van der Waals surface area (Å²) in [4.78, 5) is 31.0. The molecule has 1 aromatic carbocycles. The molecular weight excluding hydrogens is 390 g/mol. The Balaban J connectivity index is 1.47. The Labute approximate surface area is 174 Å². The highest BCUT2D eigenvalue weighted by Gasteiger charge is 2.23. The van der Waals surface area contributed by atoms with Gasteiger partial charge in [0.05, 0.1) is 17.2 Å². The molecule has 2 aromatic rings. The Bertz CT molecular complexity index is 850. The summed E-state index contributed by atoms with van der Waals surface area (Å²) in [5, 5.41) is 5.39. The minimum atomic E-state index is -0.120. The third kappa shape index (κ3) is 5.35. The van der Waals surface area contributed by atoms with E-state index in [1.165, 1.54) is 40.6 Å². The van der Waals surface area contributed by atoms with Crippen molar-refractivity contribution < 1.29 is 9.59 Å². The van der Waals surface area contributed by atoms with Crippen LogP contribution in [0.15, 0.2) is 23.6 Å². The highest BCUT2D eigenvalue weighted by molar-refractivity contribution is 8.00. The van der Waals surface area contributed by atoms with Crippen LogP contribution in [-0.4, -0.2) is 45.8 Å². The predicted molar refractivity (Wildman–Crippen MR) is 118 cm³/mol. The van der Waals surface area contributed by atoms with E-state index >= 15 is 0 Å². The van der Waals surface area contributed by atoms with Gasteiger partial charge in [0, 0.05) is 23.5 Å². The number of aryl methyl sites for hydroxylation is 2. The van der Waals surface area contributed by atoms with Crippen LogP contribution in [-0.2, 0) is 9.59 Å². The van der Waals surface area contributed by atoms with Crippen molar-refractivity contribution in [2.45, 2.75) is 46.1 Å². The van der Waals surface area contributed by atoms with Crippen molar-refractivity contribution in [1.82, 2.24) is 9.88 Å². The predicted octanol–water partition coefficient (Wildman–Crippen LogP) is 4.50. The van der Waals surface area contributed by atoms with Gasteiger partial charge < -0.3 is 10.2 Å². The third-order valence-corrected chi connectivity index (χ3v) is 6.81. The molecule has 2 amide bonds. The summed E-state index contributed by atoms with van der Waals surface area (Å²) >= 11 is 2.78. The number of hydrogen-bond donors (Lipinski definition) is 1. The first-order valence-corrected chi connectivity index (χ1v) is 11.7. The number of piperidine rings is 1. The van der Waals surface area contributed by atoms with Crippen molar-refractivity contribution >= 4 is 40.0 Å². The standard InChI is InChI=1S/C21H27N3O2S2/c1-14-7-8-17(10-15(14)2)18-11-28-21(22-18)23-19(25)12-27-13-20(26)24-9-5-4-6-16(24)3/h7-8,10-11,16H,4-6,9,12-13H2,1-3H3,(H,22,23,25)/t16-/m0/s1. The van der Waals surface area contributed by atoms with Gasteiger partial charge in [0.25, 0.3) is 0 Å². The molecule has 7 heteroatoms. The number of anilines is 1. The first-order chi connectivity index (χ1) is 13.4. The molecule has 1 aliphatic heterocycles. The van der Waals surface area contributed by atoms with Crippen molar-refractivity contribution in [3.05, 3.63) is 34.7 Å². The SMILES string of the molecule is Cc1ccc(-c2csc(NC(=O)CSCC(=O)N3CCCC[C@@H]3C)n2)cc1C. The molecule has 1 N–H and O–H groups in total. The van der Waals surface area contributed by atoms with E-state index in [9.17, 15) is 9.59 Å². The number of benzene rings is 1. The Morgan fingerprint density at radius 3 is 2.82 bits per heavy atom. The fourth-order valence-electron chi connectivity index (χ4n) is 3.30. The maximum absolute atomic E-state index is 12.3. The highest BCUT2D eigenvalue weighted by Crippen LogP contribution is 2.26. The normalized spacial score (nSPS) is 16.8. The summed E-state index contributed by atoms with van der Waals surface area (Å²) in [7, 11) is 0. The van der Waals surface area contributed by atoms with E-state index in [2.05, 4.69) is 43.2 Å². The molecule has 1 atom stereocenters. The van der Waals surface area contributed by atoms with E-state index in [-0.39, 0.29) is 17.6 Å². The summed E-state index contributed by atoms with van der Waals surface area (Å²) in [6, 6.07) is 6.55. The van der Waals surface area contributed by atoms with Gasteiger partial charge in [-0.1, -0.05) is 12.1 Å². The van der Waals surface area contributed by atoms with Crippen LogP contribution in [0.2, 0.25) is 0 Å². The molecule has 0 bridgehead atoms. The molecule has 0 aliphatic carbocycles. The summed E-state index contributed by atoms with van der Waals surface area (Å²) in [5.41, 5.74) is 4.39. The first kappa shape index (κ1) is 20.9. The number of thiazole rings is 1. The lowest BCUT2D eigenvalue weighted by molar-refractivity contribution is -0.131. The second-order valence-corrected chi connectivity index (χ2v) is 9.15. The van der Waals surface area contributed by atoms with Crippen LogP contribution in [0.25, 0.3) is 11.3 Å². The van der Waals surface area contributed by atoms with Crippen LogP contribution in [0.4, 0.5) is 5.13 Å². The smallest absolute Gasteiger partial charge is 0.236 e. The molecule has 1 fully saturated rings. The first-order valence-electron chi connectivity index (χ1n) is 9.64. The molecule has 28 heavy (non-hydrogen) atoms. The van der Waals surface area contributed by atoms with Gasteiger partial charge in [-0.3, -0.25) is 9.59 Å². The number of aromatic nitrogens is 1. The fraction of sp³-hybridized carbons (Fsp3) is 0.476. The van der Waals surface area contributed by atoms with Crippen LogP contribution < -0.4 is 5.32 Å². The lowest BCUT2D eigenvalue weighted by Gasteiger charge is -2.33. The zero-order chi connectivity index (χ0) is 20.1. The van der Waals surface area contributed by atoms with Crippen LogP contribution in [0.5, 0.6) is 0 Å². The number of amides is 2. The highest BCUT2D eigenvalue weighted by atomic mass is 32.2. The van der Waals surface area contributed by atoms with Crippen molar-refractivity contribution in [1.29, 1.82) is 0 Å². The van der Waals surface area contributed by atoms with Gasteiger partial charge in [-0.25, -0.2) is 4.98 Å². The van der Waals surface area contributed by atoms with Crippen molar-refractivity contribution in [2.75, 3.05) is 23.4 Å². The van der Waals surface area contributed by atoms with Gasteiger partial charge in [0.2, 0.25) is 11.8 Å². The van der Waals surface area contributed by atoms with Gasteiger partial charge in [-0.15, -0.1) is 23.1 Å². The average Bonchev–Trinajstić information content (AvgIpc) is 3.12. The van der Waals surface area contributed by atoms with Crippen LogP contribution in [0.1, 0.15) is 37.3 Å². The Morgan fingerprint density at radius 2 is 2.07 bits per heavy atom. The molecule has 3 rings (SSSR count). The van der Waals surface area contributed by atoms with E-state index in [4.69, 9.17) is 0 Å². The number of rotatable bonds is 6. The molecule has 0 unspecified atom stereocenters. The summed E-state index contributed by atoms with van der Waals surface area (Å²) in [6.07, 6.45) is 3.34. The number of carbonyl (C=O) groups excluding carboxylic acids is 2. The number of nitrogens with one attached hydrogen (secondary N) is 1. The zero-order valence-electron chi connectivity index (χ0n) is 16.7. The Morgan fingerprint density at radius 1 is 1.25 bits per heavy atom. The van der Waals surface area contributed by atoms with Gasteiger partial charge in [0.1, 0.15) is 0 Å². The third-order valence-electron chi connectivity index (χ3n) is 5.14. The van der Waals surface area contributed by atoms with E-state index in [1.54, 1.807) is 0 Å². The molecule has 1 aliphatic rings. The minimum absolute atomic E-state index is 0.120. The summed E-state index contributed by atoms with van der Waals surface area (Å²) in [5.74, 6) is 0.623. The Kier molecular flexibility index (Phi) is 7.13. The van der Waals surface area contributed by atoms with Gasteiger partial charge in [-0.2, -0.15) is 0 Å². The lowest BCUT2D eigenvalue weighted by atomic mass is 10.0. The van der Waals surface area contributed by atoms with Crippen LogP contribution in [0, 0.1) is 13.8 Å². The van der Waals surface area contributed by atoms with E-state index in [0.29, 0.717) is 16.9 Å². The monoisotopic (exact) mass is 417 g/mol. The van der Waals surface area contributed by atoms with Crippen molar-refractivity contribution in [3.8, 4) is 11.3 Å². The molecule has 150 valence electrons. The largest absolute Gasteiger partial charge is 0.339 e. The quantitative estimate of drug-likeness (QED) is 0.752. The summed E-state index contributed by atoms with van der Waals surface area (Å²) in [6.45, 7) is 7.11. The number of hydrogen-bond acceptors (Lipinski definition) is 5. The second kappa shape index (κ2) is 9.56. The van der Waals surface area contributed by atoms with Crippen LogP contribution >= 0.6 is 23.1 Å². The van der Waals surface area contributed by atoms with Crippen molar-refractivity contribution in [2.24, 2.45) is 0 Å². The van der Waals surface area contributed by atoms with E-state index in [1.807, 2.05) is 16.3 Å². The second-order valence-electron chi connectivity index (χ2n) is 7.31. The minimum Gasteiger partial charge on any atom is -0.339 e. The maximum Gasteiger partial charge on any atom is 0.236 e. The van der Waals surface area contributed by atoms with Gasteiger partial charge >= 0.3 is 0 Å². The number of carbonyl (C=O) groups is 2. The molecule has 1 aromatic heterocycles. The maximum atomic E-state index is 12.3. The topological polar surface area (TPSA) is 62.3 Å². The number of likely N-dealkylation sites (tertiary alicyclic amines) is 1. The lowest BCUT2D eigenvalue weighted by Crippen LogP contribution is -2.43. The summed E-state index contributed by atoms with van der Waals surface area (Å²) < 4.78 is 0. The van der Waals surface area contributed by atoms with Crippen LogP contribution in [0.3, 0.4) is 0 Å². The molecule has 0 spiro atoms. The van der Waals surface area contributed by atoms with Gasteiger partial charge in [0.15, 0.2) is 5.13 Å². The number of nitrogens with zero attached hydrogens (tertiary/aromatic N) is 2. The number of thioether (sulfide) groups is 1. The zero-order valence-corrected chi connectivity index (χ0v) is 18.3. The molecule has 5 nitrogen and oxygen atoms in total. The average molecular weight is 418 g/mol.